The van der Waals surface area contributed by atoms with E-state index >= 15 is 0 Å². The van der Waals surface area contributed by atoms with Gasteiger partial charge in [-0.3, -0.25) is 5.10 Å². The molecule has 0 spiro atoms. The van der Waals surface area contributed by atoms with Gasteiger partial charge < -0.3 is 13.9 Å². The second-order valence-electron chi connectivity index (χ2n) is 8.18. The highest BCUT2D eigenvalue weighted by Crippen LogP contribution is 2.30. The van der Waals surface area contributed by atoms with Crippen LogP contribution in [0.4, 0.5) is 0 Å². The molecule has 2 heterocycles. The zero-order valence-corrected chi connectivity index (χ0v) is 19.5. The Bertz CT molecular complexity index is 1170. The van der Waals surface area contributed by atoms with Crippen LogP contribution < -0.4 is 9.47 Å². The Labute approximate surface area is 190 Å². The molecule has 1 N–H and O–H groups in total. The van der Waals surface area contributed by atoms with E-state index < -0.39 is 0 Å². The minimum absolute atomic E-state index is 0.0978. The SMILES string of the molecule is COc1cc(OC)cc(-c2nc(SCc3nnc(-c4ccc(C(C)(C)C)cc4)o3)n[nH]2)c1. The van der Waals surface area contributed by atoms with Crippen LogP contribution in [0, 0.1) is 0 Å². The van der Waals surface area contributed by atoms with Crippen molar-refractivity contribution in [2.45, 2.75) is 37.1 Å². The molecule has 0 bridgehead atoms. The number of rotatable bonds is 7. The lowest BCUT2D eigenvalue weighted by molar-refractivity contribution is 0.394. The molecule has 4 aromatic rings. The second kappa shape index (κ2) is 9.04. The third-order valence-electron chi connectivity index (χ3n) is 4.88. The van der Waals surface area contributed by atoms with E-state index in [2.05, 4.69) is 58.3 Å². The number of thioether (sulfide) groups is 1. The number of methoxy groups -OCH3 is 2. The molecule has 8 nitrogen and oxygen atoms in total. The van der Waals surface area contributed by atoms with Crippen LogP contribution in [0.1, 0.15) is 32.2 Å². The molecule has 0 amide bonds. The third kappa shape index (κ3) is 4.94. The summed E-state index contributed by atoms with van der Waals surface area (Å²) in [6, 6.07) is 13.7. The fourth-order valence-electron chi connectivity index (χ4n) is 3.05. The van der Waals surface area contributed by atoms with E-state index in [1.807, 2.05) is 24.3 Å². The van der Waals surface area contributed by atoms with Crippen LogP contribution in [0.2, 0.25) is 0 Å². The molecular weight excluding hydrogens is 426 g/mol. The van der Waals surface area contributed by atoms with Crippen molar-refractivity contribution in [3.8, 4) is 34.3 Å². The highest BCUT2D eigenvalue weighted by Gasteiger charge is 2.16. The normalized spacial score (nSPS) is 11.5. The van der Waals surface area contributed by atoms with Gasteiger partial charge in [0.2, 0.25) is 16.9 Å². The van der Waals surface area contributed by atoms with Crippen molar-refractivity contribution in [2.75, 3.05) is 14.2 Å². The molecule has 9 heteroatoms. The molecule has 0 saturated heterocycles. The molecular formula is C23H25N5O3S. The third-order valence-corrected chi connectivity index (χ3v) is 5.71. The average Bonchev–Trinajstić information content (AvgIpc) is 3.46. The number of nitrogens with one attached hydrogen (secondary N) is 1. The van der Waals surface area contributed by atoms with Gasteiger partial charge in [-0.2, -0.15) is 0 Å². The summed E-state index contributed by atoms with van der Waals surface area (Å²) < 4.78 is 16.5. The van der Waals surface area contributed by atoms with E-state index in [9.17, 15) is 0 Å². The van der Waals surface area contributed by atoms with Crippen molar-refractivity contribution in [2.24, 2.45) is 0 Å². The van der Waals surface area contributed by atoms with Gasteiger partial charge >= 0.3 is 0 Å². The summed E-state index contributed by atoms with van der Waals surface area (Å²) in [7, 11) is 3.22. The summed E-state index contributed by atoms with van der Waals surface area (Å²) in [4.78, 5) is 4.54. The summed E-state index contributed by atoms with van der Waals surface area (Å²) in [5.74, 6) is 3.46. The van der Waals surface area contributed by atoms with E-state index in [1.165, 1.54) is 17.3 Å². The molecule has 32 heavy (non-hydrogen) atoms. The molecule has 2 aromatic carbocycles. The van der Waals surface area contributed by atoms with Crippen LogP contribution >= 0.6 is 11.8 Å². The molecule has 0 aliphatic rings. The minimum atomic E-state index is 0.0978. The smallest absolute Gasteiger partial charge is 0.247 e. The molecule has 0 saturated carbocycles. The Kier molecular flexibility index (Phi) is 6.18. The van der Waals surface area contributed by atoms with Gasteiger partial charge in [-0.05, 0) is 35.2 Å². The Morgan fingerprint density at radius 2 is 1.62 bits per heavy atom. The number of ether oxygens (including phenoxy) is 2. The summed E-state index contributed by atoms with van der Waals surface area (Å²) >= 11 is 1.41. The van der Waals surface area contributed by atoms with Gasteiger partial charge in [0.25, 0.3) is 0 Å². The van der Waals surface area contributed by atoms with E-state index in [4.69, 9.17) is 13.9 Å². The number of hydrogen-bond donors (Lipinski definition) is 1. The number of hydrogen-bond acceptors (Lipinski definition) is 8. The maximum Gasteiger partial charge on any atom is 0.247 e. The van der Waals surface area contributed by atoms with Crippen molar-refractivity contribution < 1.29 is 13.9 Å². The van der Waals surface area contributed by atoms with Crippen molar-refractivity contribution in [3.05, 3.63) is 53.9 Å². The molecule has 4 rings (SSSR count). The molecule has 166 valence electrons. The highest BCUT2D eigenvalue weighted by atomic mass is 32.2. The first-order valence-corrected chi connectivity index (χ1v) is 11.1. The Hall–Kier alpha value is -3.33. The molecule has 2 aromatic heterocycles. The van der Waals surface area contributed by atoms with E-state index in [1.54, 1.807) is 20.3 Å². The number of aromatic amines is 1. The van der Waals surface area contributed by atoms with Crippen molar-refractivity contribution in [1.82, 2.24) is 25.4 Å². The maximum atomic E-state index is 5.83. The number of nitrogens with zero attached hydrogens (tertiary/aromatic N) is 4. The Morgan fingerprint density at radius 1 is 0.938 bits per heavy atom. The first-order chi connectivity index (χ1) is 15.4. The zero-order chi connectivity index (χ0) is 22.7. The molecule has 0 aliphatic heterocycles. The van der Waals surface area contributed by atoms with Gasteiger partial charge in [0.05, 0.1) is 20.0 Å². The molecule has 0 fully saturated rings. The molecule has 0 atom stereocenters. The monoisotopic (exact) mass is 451 g/mol. The maximum absolute atomic E-state index is 5.83. The van der Waals surface area contributed by atoms with Crippen LogP contribution in [-0.2, 0) is 11.2 Å². The first-order valence-electron chi connectivity index (χ1n) is 10.1. The van der Waals surface area contributed by atoms with Gasteiger partial charge in [-0.25, -0.2) is 4.98 Å². The second-order valence-corrected chi connectivity index (χ2v) is 9.13. The molecule has 0 radical (unpaired) electrons. The zero-order valence-electron chi connectivity index (χ0n) is 18.7. The predicted octanol–water partition coefficient (Wildman–Crippen LogP) is 5.13. The lowest BCUT2D eigenvalue weighted by Gasteiger charge is -2.18. The Morgan fingerprint density at radius 3 is 2.25 bits per heavy atom. The quantitative estimate of drug-likeness (QED) is 0.386. The van der Waals surface area contributed by atoms with Crippen molar-refractivity contribution >= 4 is 11.8 Å². The number of H-pyrrole nitrogens is 1. The first kappa shape index (κ1) is 21.9. The van der Waals surface area contributed by atoms with Crippen LogP contribution in [0.5, 0.6) is 11.5 Å². The van der Waals surface area contributed by atoms with E-state index in [0.29, 0.717) is 40.0 Å². The van der Waals surface area contributed by atoms with Crippen molar-refractivity contribution in [3.63, 3.8) is 0 Å². The lowest BCUT2D eigenvalue weighted by Crippen LogP contribution is -2.10. The summed E-state index contributed by atoms with van der Waals surface area (Å²) in [5, 5.41) is 16.1. The van der Waals surface area contributed by atoms with Gasteiger partial charge in [0, 0.05) is 17.2 Å². The number of benzene rings is 2. The van der Waals surface area contributed by atoms with Crippen LogP contribution in [0.3, 0.4) is 0 Å². The van der Waals surface area contributed by atoms with Gasteiger partial charge in [-0.1, -0.05) is 44.7 Å². The molecule has 0 unspecified atom stereocenters. The van der Waals surface area contributed by atoms with Crippen LogP contribution in [-0.4, -0.2) is 39.6 Å². The number of aromatic nitrogens is 5. The van der Waals surface area contributed by atoms with Crippen LogP contribution in [0.25, 0.3) is 22.8 Å². The fraction of sp³-hybridized carbons (Fsp3) is 0.304. The Balaban J connectivity index is 1.43. The summed E-state index contributed by atoms with van der Waals surface area (Å²) in [6.45, 7) is 6.55. The largest absolute Gasteiger partial charge is 0.497 e. The van der Waals surface area contributed by atoms with Crippen LogP contribution in [0.15, 0.2) is 52.0 Å². The fourth-order valence-corrected chi connectivity index (χ4v) is 3.69. The standard InChI is InChI=1S/C23H25N5O3S/c1-23(2,3)16-8-6-14(7-9-16)21-27-25-19(31-21)13-32-22-24-20(26-28-22)15-10-17(29-4)12-18(11-15)30-5/h6-12H,13H2,1-5H3,(H,24,26,28). The van der Waals surface area contributed by atoms with E-state index in [0.717, 1.165) is 11.1 Å². The predicted molar refractivity (Wildman–Crippen MR) is 123 cm³/mol. The molecule has 0 aliphatic carbocycles. The van der Waals surface area contributed by atoms with E-state index in [-0.39, 0.29) is 5.41 Å². The lowest BCUT2D eigenvalue weighted by atomic mass is 9.87. The highest BCUT2D eigenvalue weighted by molar-refractivity contribution is 7.98. The summed E-state index contributed by atoms with van der Waals surface area (Å²) in [5.41, 5.74) is 3.07. The topological polar surface area (TPSA) is 99.0 Å². The minimum Gasteiger partial charge on any atom is -0.497 e. The van der Waals surface area contributed by atoms with Gasteiger partial charge in [0.15, 0.2) is 5.82 Å². The van der Waals surface area contributed by atoms with Gasteiger partial charge in [-0.15, -0.1) is 15.3 Å². The average molecular weight is 452 g/mol. The van der Waals surface area contributed by atoms with Crippen molar-refractivity contribution in [1.29, 1.82) is 0 Å². The summed E-state index contributed by atoms with van der Waals surface area (Å²) in [6.07, 6.45) is 0. The van der Waals surface area contributed by atoms with Gasteiger partial charge in [0.1, 0.15) is 11.5 Å².